The van der Waals surface area contributed by atoms with E-state index in [0.29, 0.717) is 24.4 Å². The topological polar surface area (TPSA) is 53.0 Å². The Kier molecular flexibility index (Phi) is 4.34. The molecular formula is C19H22N2O3. The number of likely N-dealkylation sites (N-methyl/N-ethyl adjacent to an activating group) is 1. The van der Waals surface area contributed by atoms with E-state index >= 15 is 0 Å². The summed E-state index contributed by atoms with van der Waals surface area (Å²) >= 11 is 0. The molecule has 2 aromatic rings. The molecule has 1 heterocycles. The highest BCUT2D eigenvalue weighted by atomic mass is 16.5. The number of carbonyl (C=O) groups is 1. The number of phenolic OH excluding ortho intramolecular Hbond substituents is 1. The van der Waals surface area contributed by atoms with E-state index in [4.69, 9.17) is 4.74 Å². The second kappa shape index (κ2) is 6.43. The number of anilines is 2. The summed E-state index contributed by atoms with van der Waals surface area (Å²) in [6.45, 7) is 2.45. The standard InChI is InChI=1S/C19H22N2O3/c1-4-21-16-12-15(22)9-10-17(16)24-18(19(21)23)11-13-5-7-14(8-6-13)20(2)3/h5-10,12,18,22H,4,11H2,1-3H3. The summed E-state index contributed by atoms with van der Waals surface area (Å²) < 4.78 is 5.90. The van der Waals surface area contributed by atoms with E-state index in [1.807, 2.05) is 50.2 Å². The van der Waals surface area contributed by atoms with Gasteiger partial charge in [-0.25, -0.2) is 0 Å². The number of hydrogen-bond donors (Lipinski definition) is 1. The van der Waals surface area contributed by atoms with E-state index in [-0.39, 0.29) is 11.7 Å². The van der Waals surface area contributed by atoms with Gasteiger partial charge in [0, 0.05) is 38.8 Å². The molecule has 0 fully saturated rings. The summed E-state index contributed by atoms with van der Waals surface area (Å²) in [4.78, 5) is 16.4. The van der Waals surface area contributed by atoms with Gasteiger partial charge in [0.2, 0.25) is 0 Å². The zero-order valence-corrected chi connectivity index (χ0v) is 14.2. The van der Waals surface area contributed by atoms with Gasteiger partial charge in [-0.2, -0.15) is 0 Å². The van der Waals surface area contributed by atoms with E-state index in [9.17, 15) is 9.90 Å². The lowest BCUT2D eigenvalue weighted by molar-refractivity contribution is -0.126. The summed E-state index contributed by atoms with van der Waals surface area (Å²) in [6.07, 6.45) is -0.0317. The van der Waals surface area contributed by atoms with Gasteiger partial charge in [-0.3, -0.25) is 4.79 Å². The first kappa shape index (κ1) is 16.2. The molecule has 1 atom stereocenters. The lowest BCUT2D eigenvalue weighted by atomic mass is 10.0. The van der Waals surface area contributed by atoms with Gasteiger partial charge in [-0.1, -0.05) is 12.1 Å². The molecule has 0 saturated heterocycles. The summed E-state index contributed by atoms with van der Waals surface area (Å²) in [6, 6.07) is 13.0. The zero-order valence-electron chi connectivity index (χ0n) is 14.2. The highest BCUT2D eigenvalue weighted by Gasteiger charge is 2.33. The normalized spacial score (nSPS) is 16.5. The third kappa shape index (κ3) is 3.02. The van der Waals surface area contributed by atoms with Crippen LogP contribution in [0, 0.1) is 0 Å². The van der Waals surface area contributed by atoms with Gasteiger partial charge in [0.1, 0.15) is 11.5 Å². The third-order valence-electron chi connectivity index (χ3n) is 4.23. The van der Waals surface area contributed by atoms with Gasteiger partial charge in [0.25, 0.3) is 5.91 Å². The molecule has 1 amide bonds. The quantitative estimate of drug-likeness (QED) is 0.939. The Morgan fingerprint density at radius 2 is 1.88 bits per heavy atom. The predicted molar refractivity (Wildman–Crippen MR) is 95.0 cm³/mol. The van der Waals surface area contributed by atoms with Gasteiger partial charge >= 0.3 is 0 Å². The minimum absolute atomic E-state index is 0.0766. The third-order valence-corrected chi connectivity index (χ3v) is 4.23. The van der Waals surface area contributed by atoms with Crippen LogP contribution in [-0.2, 0) is 11.2 Å². The van der Waals surface area contributed by atoms with E-state index in [2.05, 4.69) is 0 Å². The van der Waals surface area contributed by atoms with Crippen molar-refractivity contribution in [3.63, 3.8) is 0 Å². The van der Waals surface area contributed by atoms with E-state index in [1.54, 1.807) is 23.1 Å². The fourth-order valence-corrected chi connectivity index (χ4v) is 2.91. The van der Waals surface area contributed by atoms with E-state index in [1.165, 1.54) is 0 Å². The minimum atomic E-state index is -0.549. The van der Waals surface area contributed by atoms with Crippen LogP contribution in [0.1, 0.15) is 12.5 Å². The molecule has 1 unspecified atom stereocenters. The molecule has 0 aliphatic carbocycles. The number of rotatable bonds is 4. The van der Waals surface area contributed by atoms with Crippen molar-refractivity contribution in [3.8, 4) is 11.5 Å². The molecular weight excluding hydrogens is 304 g/mol. The van der Waals surface area contributed by atoms with Crippen LogP contribution in [-0.4, -0.2) is 37.8 Å². The Balaban J connectivity index is 1.84. The van der Waals surface area contributed by atoms with Crippen LogP contribution in [0.3, 0.4) is 0 Å². The fourth-order valence-electron chi connectivity index (χ4n) is 2.91. The number of benzene rings is 2. The number of nitrogens with zero attached hydrogens (tertiary/aromatic N) is 2. The summed E-state index contributed by atoms with van der Waals surface area (Å²) in [5.74, 6) is 0.678. The van der Waals surface area contributed by atoms with Gasteiger partial charge < -0.3 is 19.6 Å². The fraction of sp³-hybridized carbons (Fsp3) is 0.316. The molecule has 126 valence electrons. The Labute approximate surface area is 142 Å². The van der Waals surface area contributed by atoms with Crippen LogP contribution >= 0.6 is 0 Å². The molecule has 0 radical (unpaired) electrons. The van der Waals surface area contributed by atoms with Crippen molar-refractivity contribution in [1.82, 2.24) is 0 Å². The molecule has 0 bridgehead atoms. The molecule has 3 rings (SSSR count). The molecule has 0 saturated carbocycles. The number of hydrogen-bond acceptors (Lipinski definition) is 4. The first-order valence-corrected chi connectivity index (χ1v) is 8.07. The summed E-state index contributed by atoms with van der Waals surface area (Å²) in [7, 11) is 3.99. The van der Waals surface area contributed by atoms with Crippen LogP contribution in [0.4, 0.5) is 11.4 Å². The van der Waals surface area contributed by atoms with Crippen molar-refractivity contribution in [2.75, 3.05) is 30.4 Å². The first-order valence-electron chi connectivity index (χ1n) is 8.07. The van der Waals surface area contributed by atoms with Crippen LogP contribution in [0.25, 0.3) is 0 Å². The molecule has 0 spiro atoms. The Bertz CT molecular complexity index is 741. The van der Waals surface area contributed by atoms with Crippen LogP contribution in [0.5, 0.6) is 11.5 Å². The number of ether oxygens (including phenoxy) is 1. The Morgan fingerprint density at radius 3 is 2.50 bits per heavy atom. The molecule has 1 aliphatic heterocycles. The van der Waals surface area contributed by atoms with Gasteiger partial charge in [0.15, 0.2) is 6.10 Å². The van der Waals surface area contributed by atoms with Crippen molar-refractivity contribution < 1.29 is 14.6 Å². The van der Waals surface area contributed by atoms with E-state index < -0.39 is 6.10 Å². The van der Waals surface area contributed by atoms with Crippen LogP contribution < -0.4 is 14.5 Å². The predicted octanol–water partition coefficient (Wildman–Crippen LogP) is 2.81. The molecule has 1 aliphatic rings. The smallest absolute Gasteiger partial charge is 0.268 e. The molecule has 1 N–H and O–H groups in total. The SMILES string of the molecule is CCN1C(=O)C(Cc2ccc(N(C)C)cc2)Oc2ccc(O)cc21. The maximum atomic E-state index is 12.7. The number of carbonyl (C=O) groups excluding carboxylic acids is 1. The average Bonchev–Trinajstić information content (AvgIpc) is 2.56. The Hall–Kier alpha value is -2.69. The van der Waals surface area contributed by atoms with Crippen molar-refractivity contribution in [2.24, 2.45) is 0 Å². The number of phenols is 1. The van der Waals surface area contributed by atoms with E-state index in [0.717, 1.165) is 11.3 Å². The minimum Gasteiger partial charge on any atom is -0.508 e. The monoisotopic (exact) mass is 326 g/mol. The van der Waals surface area contributed by atoms with Crippen LogP contribution in [0.2, 0.25) is 0 Å². The number of amides is 1. The lowest BCUT2D eigenvalue weighted by Gasteiger charge is -2.34. The lowest BCUT2D eigenvalue weighted by Crippen LogP contribution is -2.46. The van der Waals surface area contributed by atoms with Crippen molar-refractivity contribution in [1.29, 1.82) is 0 Å². The molecule has 5 heteroatoms. The van der Waals surface area contributed by atoms with Gasteiger partial charge in [0.05, 0.1) is 5.69 Å². The number of fused-ring (bicyclic) bond motifs is 1. The van der Waals surface area contributed by atoms with Crippen molar-refractivity contribution >= 4 is 17.3 Å². The van der Waals surface area contributed by atoms with Gasteiger partial charge in [-0.05, 0) is 36.8 Å². The molecule has 5 nitrogen and oxygen atoms in total. The first-order chi connectivity index (χ1) is 11.5. The average molecular weight is 326 g/mol. The highest BCUT2D eigenvalue weighted by Crippen LogP contribution is 2.37. The van der Waals surface area contributed by atoms with Crippen molar-refractivity contribution in [3.05, 3.63) is 48.0 Å². The number of aromatic hydroxyl groups is 1. The van der Waals surface area contributed by atoms with Crippen LogP contribution in [0.15, 0.2) is 42.5 Å². The van der Waals surface area contributed by atoms with Crippen molar-refractivity contribution in [2.45, 2.75) is 19.4 Å². The maximum absolute atomic E-state index is 12.7. The largest absolute Gasteiger partial charge is 0.508 e. The summed E-state index contributed by atoms with van der Waals surface area (Å²) in [5, 5.41) is 9.66. The second-order valence-electron chi connectivity index (χ2n) is 6.11. The Morgan fingerprint density at radius 1 is 1.17 bits per heavy atom. The molecule has 24 heavy (non-hydrogen) atoms. The summed E-state index contributed by atoms with van der Waals surface area (Å²) in [5.41, 5.74) is 2.80. The highest BCUT2D eigenvalue weighted by molar-refractivity contribution is 6.00. The van der Waals surface area contributed by atoms with Gasteiger partial charge in [-0.15, -0.1) is 0 Å². The molecule has 2 aromatic carbocycles. The molecule has 0 aromatic heterocycles. The zero-order chi connectivity index (χ0) is 17.3. The second-order valence-corrected chi connectivity index (χ2v) is 6.11. The maximum Gasteiger partial charge on any atom is 0.268 e.